The lowest BCUT2D eigenvalue weighted by atomic mass is 9.93. The molecule has 1 aromatic heterocycles. The maximum Gasteiger partial charge on any atom is 0.262 e. The van der Waals surface area contributed by atoms with Gasteiger partial charge in [-0.05, 0) is 31.4 Å². The molecule has 0 aliphatic carbocycles. The number of imide groups is 2. The summed E-state index contributed by atoms with van der Waals surface area (Å²) in [6, 6.07) is 1.40. The molecule has 3 aliphatic rings. The number of carbonyl (C=O) groups is 4. The predicted molar refractivity (Wildman–Crippen MR) is 109 cm³/mol. The third-order valence-electron chi connectivity index (χ3n) is 6.34. The fourth-order valence-corrected chi connectivity index (χ4v) is 4.66. The van der Waals surface area contributed by atoms with E-state index in [1.165, 1.54) is 6.07 Å². The highest BCUT2D eigenvalue weighted by molar-refractivity contribution is 6.23. The summed E-state index contributed by atoms with van der Waals surface area (Å²) < 4.78 is 15.0. The van der Waals surface area contributed by atoms with Gasteiger partial charge in [-0.2, -0.15) is 0 Å². The summed E-state index contributed by atoms with van der Waals surface area (Å²) in [4.78, 5) is 60.6. The summed E-state index contributed by atoms with van der Waals surface area (Å²) >= 11 is 0. The summed E-state index contributed by atoms with van der Waals surface area (Å²) in [6.45, 7) is 1.13. The van der Waals surface area contributed by atoms with Gasteiger partial charge in [0.05, 0.1) is 22.5 Å². The Morgan fingerprint density at radius 2 is 1.69 bits per heavy atom. The first kappa shape index (κ1) is 20.2. The molecule has 0 spiro atoms. The fourth-order valence-electron chi connectivity index (χ4n) is 4.66. The summed E-state index contributed by atoms with van der Waals surface area (Å²) in [5.41, 5.74) is 1.18. The lowest BCUT2D eigenvalue weighted by Gasteiger charge is -2.33. The smallest absolute Gasteiger partial charge is 0.262 e. The standard InChI is InChI=1S/C22H20FN5O4/c23-15-9-13-14(22(32)28(21(13)31)17-1-2-19(29)26-20(17)30)10-18(15)27-7-3-12(4-8-27)16-11-24-5-6-25-16/h5-6,9-12,17H,1-4,7-8H2,(H,26,29,30). The first-order valence-electron chi connectivity index (χ1n) is 10.5. The minimum atomic E-state index is -1.07. The molecule has 1 N–H and O–H groups in total. The summed E-state index contributed by atoms with van der Waals surface area (Å²) in [5.74, 6) is -2.86. The van der Waals surface area contributed by atoms with Gasteiger partial charge in [-0.3, -0.25) is 39.4 Å². The normalized spacial score (nSPS) is 21.7. The zero-order valence-electron chi connectivity index (χ0n) is 17.1. The number of anilines is 1. The van der Waals surface area contributed by atoms with Crippen molar-refractivity contribution in [1.82, 2.24) is 20.2 Å². The molecule has 4 amide bonds. The zero-order chi connectivity index (χ0) is 22.4. The Labute approximate surface area is 182 Å². The monoisotopic (exact) mass is 437 g/mol. The van der Waals surface area contributed by atoms with Crippen LogP contribution in [0.2, 0.25) is 0 Å². The number of nitrogens with one attached hydrogen (secondary N) is 1. The van der Waals surface area contributed by atoms with Crippen molar-refractivity contribution in [2.75, 3.05) is 18.0 Å². The molecule has 1 unspecified atom stereocenters. The molecule has 4 heterocycles. The van der Waals surface area contributed by atoms with Crippen LogP contribution in [0.3, 0.4) is 0 Å². The second-order valence-corrected chi connectivity index (χ2v) is 8.19. The lowest BCUT2D eigenvalue weighted by Crippen LogP contribution is -2.54. The minimum absolute atomic E-state index is 0.0319. The van der Waals surface area contributed by atoms with E-state index in [1.54, 1.807) is 18.6 Å². The SMILES string of the molecule is O=C1CCC(N2C(=O)c3cc(F)c(N4CCC(c5cnccn5)CC4)cc3C2=O)C(=O)N1. The second kappa shape index (κ2) is 7.77. The van der Waals surface area contributed by atoms with E-state index in [-0.39, 0.29) is 35.6 Å². The van der Waals surface area contributed by atoms with Crippen LogP contribution in [0.5, 0.6) is 0 Å². The van der Waals surface area contributed by atoms with Crippen molar-refractivity contribution in [1.29, 1.82) is 0 Å². The minimum Gasteiger partial charge on any atom is -0.369 e. The van der Waals surface area contributed by atoms with Crippen molar-refractivity contribution < 1.29 is 23.6 Å². The number of benzene rings is 1. The van der Waals surface area contributed by atoms with E-state index in [9.17, 15) is 23.6 Å². The van der Waals surface area contributed by atoms with Crippen molar-refractivity contribution in [2.45, 2.75) is 37.6 Å². The number of hydrogen-bond donors (Lipinski definition) is 1. The van der Waals surface area contributed by atoms with E-state index >= 15 is 0 Å². The van der Waals surface area contributed by atoms with Crippen molar-refractivity contribution in [3.05, 3.63) is 53.4 Å². The van der Waals surface area contributed by atoms with Crippen LogP contribution in [0.25, 0.3) is 0 Å². The third kappa shape index (κ3) is 3.31. The Bertz CT molecular complexity index is 1130. The quantitative estimate of drug-likeness (QED) is 0.723. The van der Waals surface area contributed by atoms with E-state index in [0.29, 0.717) is 13.1 Å². The molecular weight excluding hydrogens is 417 g/mol. The number of rotatable bonds is 3. The lowest BCUT2D eigenvalue weighted by molar-refractivity contribution is -0.136. The highest BCUT2D eigenvalue weighted by Crippen LogP contribution is 2.35. The van der Waals surface area contributed by atoms with Gasteiger partial charge in [0.25, 0.3) is 11.8 Å². The van der Waals surface area contributed by atoms with Gasteiger partial charge < -0.3 is 4.90 Å². The van der Waals surface area contributed by atoms with Gasteiger partial charge in [0.1, 0.15) is 11.9 Å². The first-order valence-corrected chi connectivity index (χ1v) is 10.5. The molecule has 2 saturated heterocycles. The number of aromatic nitrogens is 2. The molecule has 0 radical (unpaired) electrons. The first-order chi connectivity index (χ1) is 15.4. The van der Waals surface area contributed by atoms with Crippen LogP contribution in [0, 0.1) is 5.82 Å². The van der Waals surface area contributed by atoms with E-state index < -0.39 is 35.5 Å². The molecule has 1 aromatic carbocycles. The molecule has 164 valence electrons. The Morgan fingerprint density at radius 3 is 2.34 bits per heavy atom. The van der Waals surface area contributed by atoms with Gasteiger partial charge in [0.15, 0.2) is 0 Å². The Hall–Kier alpha value is -3.69. The molecule has 32 heavy (non-hydrogen) atoms. The number of piperidine rings is 2. The molecular formula is C22H20FN5O4. The van der Waals surface area contributed by atoms with Gasteiger partial charge in [-0.25, -0.2) is 4.39 Å². The third-order valence-corrected chi connectivity index (χ3v) is 6.34. The molecule has 2 fully saturated rings. The molecule has 3 aliphatic heterocycles. The zero-order valence-corrected chi connectivity index (χ0v) is 17.1. The van der Waals surface area contributed by atoms with Crippen molar-refractivity contribution >= 4 is 29.3 Å². The largest absolute Gasteiger partial charge is 0.369 e. The van der Waals surface area contributed by atoms with Gasteiger partial charge in [0, 0.05) is 44.0 Å². The number of halogens is 1. The number of hydrogen-bond acceptors (Lipinski definition) is 7. The van der Waals surface area contributed by atoms with Gasteiger partial charge >= 0.3 is 0 Å². The Kier molecular flexibility index (Phi) is 4.91. The van der Waals surface area contributed by atoms with Gasteiger partial charge in [-0.15, -0.1) is 0 Å². The summed E-state index contributed by atoms with van der Waals surface area (Å²) in [5, 5.41) is 2.15. The second-order valence-electron chi connectivity index (χ2n) is 8.19. The maximum absolute atomic E-state index is 15.0. The average Bonchev–Trinajstić information content (AvgIpc) is 3.03. The molecule has 9 nitrogen and oxygen atoms in total. The van der Waals surface area contributed by atoms with Crippen LogP contribution in [-0.4, -0.2) is 57.6 Å². The maximum atomic E-state index is 15.0. The average molecular weight is 437 g/mol. The van der Waals surface area contributed by atoms with Gasteiger partial charge in [-0.1, -0.05) is 0 Å². The highest BCUT2D eigenvalue weighted by atomic mass is 19.1. The predicted octanol–water partition coefficient (Wildman–Crippen LogP) is 1.40. The van der Waals surface area contributed by atoms with Crippen molar-refractivity contribution in [3.8, 4) is 0 Å². The van der Waals surface area contributed by atoms with Gasteiger partial charge in [0.2, 0.25) is 11.8 Å². The van der Waals surface area contributed by atoms with Crippen LogP contribution in [0.15, 0.2) is 30.7 Å². The fraction of sp³-hybridized carbons (Fsp3) is 0.364. The molecule has 0 bridgehead atoms. The molecule has 1 atom stereocenters. The summed E-state index contributed by atoms with van der Waals surface area (Å²) in [6.07, 6.45) is 6.61. The summed E-state index contributed by atoms with van der Waals surface area (Å²) in [7, 11) is 0. The van der Waals surface area contributed by atoms with Crippen LogP contribution in [0.4, 0.5) is 10.1 Å². The topological polar surface area (TPSA) is 113 Å². The van der Waals surface area contributed by atoms with Crippen molar-refractivity contribution in [2.24, 2.45) is 0 Å². The number of nitrogens with zero attached hydrogens (tertiary/aromatic N) is 4. The Morgan fingerprint density at radius 1 is 0.969 bits per heavy atom. The van der Waals surface area contributed by atoms with Crippen LogP contribution in [0.1, 0.15) is 58.0 Å². The van der Waals surface area contributed by atoms with E-state index in [1.807, 2.05) is 4.90 Å². The molecule has 5 rings (SSSR count). The van der Waals surface area contributed by atoms with Crippen LogP contribution in [-0.2, 0) is 9.59 Å². The molecule has 10 heteroatoms. The number of fused-ring (bicyclic) bond motifs is 1. The molecule has 0 saturated carbocycles. The molecule has 2 aromatic rings. The van der Waals surface area contributed by atoms with Crippen LogP contribution >= 0.6 is 0 Å². The van der Waals surface area contributed by atoms with Crippen LogP contribution < -0.4 is 10.2 Å². The highest BCUT2D eigenvalue weighted by Gasteiger charge is 2.45. The van der Waals surface area contributed by atoms with E-state index in [4.69, 9.17) is 0 Å². The number of amides is 4. The van der Waals surface area contributed by atoms with E-state index in [0.717, 1.165) is 29.5 Å². The number of carbonyl (C=O) groups excluding carboxylic acids is 4. The van der Waals surface area contributed by atoms with Crippen molar-refractivity contribution in [3.63, 3.8) is 0 Å². The Balaban J connectivity index is 1.37. The van der Waals surface area contributed by atoms with E-state index in [2.05, 4.69) is 15.3 Å².